The second kappa shape index (κ2) is 6.02. The minimum Gasteiger partial charge on any atom is -0.493 e. The van der Waals surface area contributed by atoms with Gasteiger partial charge in [-0.25, -0.2) is 0 Å². The van der Waals surface area contributed by atoms with Gasteiger partial charge in [0, 0.05) is 5.56 Å². The lowest BCUT2D eigenvalue weighted by molar-refractivity contribution is -0.140. The van der Waals surface area contributed by atoms with Crippen molar-refractivity contribution in [3.8, 4) is 5.75 Å². The first-order valence-electron chi connectivity index (χ1n) is 10.4. The molecule has 4 aliphatic carbocycles. The maximum Gasteiger partial charge on any atom is 0.254 e. The van der Waals surface area contributed by atoms with Gasteiger partial charge in [0.1, 0.15) is 5.75 Å². The molecule has 0 aromatic heterocycles. The molecular weight excluding hydrogens is 364 g/mol. The van der Waals surface area contributed by atoms with Crippen molar-refractivity contribution in [2.75, 3.05) is 6.61 Å². The molecule has 5 aliphatic rings. The maximum absolute atomic E-state index is 13.1. The van der Waals surface area contributed by atoms with E-state index in [9.17, 15) is 9.59 Å². The van der Waals surface area contributed by atoms with E-state index in [1.807, 2.05) is 43.3 Å². The number of fused-ring (bicyclic) bond motifs is 1. The number of ether oxygens (including phenoxy) is 1. The highest BCUT2D eigenvalue weighted by Gasteiger charge is 2.67. The largest absolute Gasteiger partial charge is 0.493 e. The Morgan fingerprint density at radius 3 is 2.41 bits per heavy atom. The third-order valence-corrected chi connectivity index (χ3v) is 7.17. The van der Waals surface area contributed by atoms with Crippen LogP contribution in [0, 0.1) is 35.5 Å². The van der Waals surface area contributed by atoms with E-state index in [1.54, 1.807) is 6.21 Å². The number of hydrazone groups is 1. The number of benzene rings is 2. The van der Waals surface area contributed by atoms with Gasteiger partial charge in [-0.15, -0.1) is 0 Å². The molecule has 146 valence electrons. The van der Waals surface area contributed by atoms with Gasteiger partial charge in [0.25, 0.3) is 11.8 Å². The van der Waals surface area contributed by atoms with Crippen molar-refractivity contribution in [1.29, 1.82) is 0 Å². The summed E-state index contributed by atoms with van der Waals surface area (Å²) >= 11 is 0. The lowest BCUT2D eigenvalue weighted by Crippen LogP contribution is -2.40. The fourth-order valence-electron chi connectivity index (χ4n) is 5.86. The second-order valence-electron chi connectivity index (χ2n) is 8.52. The van der Waals surface area contributed by atoms with E-state index in [0.717, 1.165) is 27.8 Å². The van der Waals surface area contributed by atoms with Crippen molar-refractivity contribution >= 4 is 28.8 Å². The number of hydrogen-bond donors (Lipinski definition) is 0. The Morgan fingerprint density at radius 1 is 1.03 bits per heavy atom. The SMILES string of the molecule is CCOc1ccc2ccccc2c1/C=N/N1C(=O)C2C3C=CC(C4CC34)C2C1=O. The van der Waals surface area contributed by atoms with Crippen molar-refractivity contribution in [2.24, 2.45) is 40.6 Å². The van der Waals surface area contributed by atoms with E-state index < -0.39 is 0 Å². The lowest BCUT2D eigenvalue weighted by atomic mass is 9.63. The van der Waals surface area contributed by atoms with Gasteiger partial charge >= 0.3 is 0 Å². The van der Waals surface area contributed by atoms with Crippen LogP contribution in [0.5, 0.6) is 5.75 Å². The monoisotopic (exact) mass is 386 g/mol. The first kappa shape index (κ1) is 17.0. The van der Waals surface area contributed by atoms with Crippen LogP contribution in [0.25, 0.3) is 10.8 Å². The Morgan fingerprint density at radius 2 is 1.72 bits per heavy atom. The number of rotatable bonds is 4. The maximum atomic E-state index is 13.1. The fraction of sp³-hybridized carbons (Fsp3) is 0.375. The summed E-state index contributed by atoms with van der Waals surface area (Å²) in [6.07, 6.45) is 7.13. The molecule has 1 aliphatic heterocycles. The molecule has 3 fully saturated rings. The molecule has 1 heterocycles. The molecule has 2 bridgehead atoms. The molecule has 5 heteroatoms. The molecule has 0 radical (unpaired) electrons. The number of allylic oxidation sites excluding steroid dienone is 2. The molecule has 2 aromatic rings. The minimum atomic E-state index is -0.225. The van der Waals surface area contributed by atoms with Crippen molar-refractivity contribution in [1.82, 2.24) is 5.01 Å². The van der Waals surface area contributed by atoms with E-state index in [4.69, 9.17) is 4.74 Å². The number of hydrogen-bond acceptors (Lipinski definition) is 4. The first-order chi connectivity index (χ1) is 14.2. The summed E-state index contributed by atoms with van der Waals surface area (Å²) in [7, 11) is 0. The van der Waals surface area contributed by atoms with Crippen LogP contribution < -0.4 is 4.74 Å². The molecule has 7 rings (SSSR count). The normalized spacial score (nSPS) is 34.2. The Balaban J connectivity index is 1.38. The molecule has 1 saturated heterocycles. The lowest BCUT2D eigenvalue weighted by Gasteiger charge is -2.37. The molecule has 6 unspecified atom stereocenters. The van der Waals surface area contributed by atoms with Gasteiger partial charge in [0.2, 0.25) is 0 Å². The van der Waals surface area contributed by atoms with Gasteiger partial charge in [0.15, 0.2) is 0 Å². The molecule has 2 saturated carbocycles. The topological polar surface area (TPSA) is 59.0 Å². The summed E-state index contributed by atoms with van der Waals surface area (Å²) in [5.74, 6) is 1.58. The second-order valence-corrected chi connectivity index (χ2v) is 8.52. The average molecular weight is 386 g/mol. The zero-order valence-corrected chi connectivity index (χ0v) is 16.2. The van der Waals surface area contributed by atoms with E-state index in [0.29, 0.717) is 24.2 Å². The smallest absolute Gasteiger partial charge is 0.254 e. The zero-order chi connectivity index (χ0) is 19.7. The van der Waals surface area contributed by atoms with Crippen LogP contribution in [0.3, 0.4) is 0 Å². The average Bonchev–Trinajstić information content (AvgIpc) is 3.53. The predicted molar refractivity (Wildman–Crippen MR) is 109 cm³/mol. The Hall–Kier alpha value is -2.95. The van der Waals surface area contributed by atoms with Gasteiger partial charge in [-0.1, -0.05) is 42.5 Å². The zero-order valence-electron chi connectivity index (χ0n) is 16.2. The predicted octanol–water partition coefficient (Wildman–Crippen LogP) is 3.63. The third kappa shape index (κ3) is 2.30. The van der Waals surface area contributed by atoms with E-state index in [2.05, 4.69) is 17.3 Å². The van der Waals surface area contributed by atoms with Gasteiger partial charge in [0.05, 0.1) is 24.7 Å². The van der Waals surface area contributed by atoms with Gasteiger partial charge in [-0.05, 0) is 53.9 Å². The standard InChI is InChI=1S/C24H22N2O3/c1-2-29-20-10-7-13-5-3-4-6-14(13)19(20)12-25-26-23(27)21-15-8-9-16(18-11-17(15)18)22(21)24(26)28/h3-10,12,15-18,21-22H,2,11H2,1H3/b25-12+. The summed E-state index contributed by atoms with van der Waals surface area (Å²) in [6.45, 7) is 2.46. The quantitative estimate of drug-likeness (QED) is 0.458. The number of carbonyl (C=O) groups is 2. The molecule has 0 spiro atoms. The molecule has 29 heavy (non-hydrogen) atoms. The number of imide groups is 1. The number of carbonyl (C=O) groups excluding carboxylic acids is 2. The molecule has 2 aromatic carbocycles. The van der Waals surface area contributed by atoms with E-state index in [1.165, 1.54) is 0 Å². The van der Waals surface area contributed by atoms with Gasteiger partial charge in [-0.3, -0.25) is 9.59 Å². The van der Waals surface area contributed by atoms with Crippen LogP contribution in [-0.4, -0.2) is 29.6 Å². The van der Waals surface area contributed by atoms with Crippen LogP contribution >= 0.6 is 0 Å². The Labute approximate surface area is 169 Å². The third-order valence-electron chi connectivity index (χ3n) is 7.17. The summed E-state index contributed by atoms with van der Waals surface area (Å²) in [5.41, 5.74) is 0.796. The summed E-state index contributed by atoms with van der Waals surface area (Å²) in [6, 6.07) is 11.9. The van der Waals surface area contributed by atoms with Gasteiger partial charge < -0.3 is 4.74 Å². The van der Waals surface area contributed by atoms with Crippen molar-refractivity contribution < 1.29 is 14.3 Å². The number of nitrogens with zero attached hydrogens (tertiary/aromatic N) is 2. The van der Waals surface area contributed by atoms with Crippen molar-refractivity contribution in [3.63, 3.8) is 0 Å². The fourth-order valence-corrected chi connectivity index (χ4v) is 5.86. The summed E-state index contributed by atoms with van der Waals surface area (Å²) < 4.78 is 5.78. The van der Waals surface area contributed by atoms with Crippen LogP contribution in [0.1, 0.15) is 18.9 Å². The molecule has 6 atom stereocenters. The number of amides is 2. The molecular formula is C24H22N2O3. The highest BCUT2D eigenvalue weighted by Crippen LogP contribution is 2.65. The van der Waals surface area contributed by atoms with E-state index in [-0.39, 0.29) is 35.5 Å². The summed E-state index contributed by atoms with van der Waals surface area (Å²) in [5, 5.41) is 7.59. The highest BCUT2D eigenvalue weighted by molar-refractivity contribution is 6.08. The minimum absolute atomic E-state index is 0.140. The van der Waals surface area contributed by atoms with Crippen molar-refractivity contribution in [3.05, 3.63) is 54.1 Å². The van der Waals surface area contributed by atoms with Crippen molar-refractivity contribution in [2.45, 2.75) is 13.3 Å². The molecule has 5 nitrogen and oxygen atoms in total. The van der Waals surface area contributed by atoms with Crippen LogP contribution in [0.2, 0.25) is 0 Å². The van der Waals surface area contributed by atoms with Crippen LogP contribution in [0.4, 0.5) is 0 Å². The Bertz CT molecular complexity index is 1070. The highest BCUT2D eigenvalue weighted by atomic mass is 16.5. The van der Waals surface area contributed by atoms with Gasteiger partial charge in [-0.2, -0.15) is 10.1 Å². The molecule has 2 amide bonds. The van der Waals surface area contributed by atoms with E-state index >= 15 is 0 Å². The summed E-state index contributed by atoms with van der Waals surface area (Å²) in [4.78, 5) is 26.3. The Kier molecular flexibility index (Phi) is 3.52. The first-order valence-corrected chi connectivity index (χ1v) is 10.4. The molecule has 0 N–H and O–H groups in total. The van der Waals surface area contributed by atoms with Crippen LogP contribution in [0.15, 0.2) is 53.7 Å². The van der Waals surface area contributed by atoms with Crippen LogP contribution in [-0.2, 0) is 9.59 Å².